The van der Waals surface area contributed by atoms with Crippen molar-refractivity contribution in [3.05, 3.63) is 121 Å². The minimum atomic E-state index is 0.115. The Balaban J connectivity index is 1.14. The van der Waals surface area contributed by atoms with Gasteiger partial charge in [-0.15, -0.1) is 16.4 Å². The lowest BCUT2D eigenvalue weighted by molar-refractivity contribution is 0.669. The molecule has 0 atom stereocenters. The second kappa shape index (κ2) is 13.4. The fourth-order valence-corrected chi connectivity index (χ4v) is 7.59. The summed E-state index contributed by atoms with van der Waals surface area (Å²) in [7, 11) is 44.9. The summed E-state index contributed by atoms with van der Waals surface area (Å²) in [4.78, 5) is 15.1. The van der Waals surface area contributed by atoms with Gasteiger partial charge in [-0.05, 0) is 28.8 Å². The standard InChI is InChI=1S/C45H20B7N3O2/c46-33-30(41-31(34(47)36(33)49)32-35(48)37(50)38(51)39(52)42(32)57-41)23-15-19-25(20-16-23)44-53-43(24-17-13-22(14-18-24)21-7-2-1-3-8-21)54-45(55-44)28-11-6-10-27-26-9-4-5-12-29(26)56-40(27)28/h1-20H. The number of furan rings is 2. The number of nitrogens with zero attached hydrogens (tertiary/aromatic N) is 3. The normalized spacial score (nSPS) is 11.6. The molecule has 3 aromatic heterocycles. The van der Waals surface area contributed by atoms with Gasteiger partial charge in [0.05, 0.1) is 5.56 Å². The van der Waals surface area contributed by atoms with Gasteiger partial charge in [0, 0.05) is 38.2 Å². The molecule has 0 fully saturated rings. The number of benzene rings is 7. The predicted octanol–water partition coefficient (Wildman–Crippen LogP) is 3.56. The fourth-order valence-electron chi connectivity index (χ4n) is 7.59. The molecule has 0 aliphatic carbocycles. The third-order valence-corrected chi connectivity index (χ3v) is 10.6. The lowest BCUT2D eigenvalue weighted by atomic mass is 9.64. The van der Waals surface area contributed by atoms with E-state index in [0.29, 0.717) is 50.5 Å². The molecule has 0 aliphatic rings. The van der Waals surface area contributed by atoms with E-state index in [9.17, 15) is 0 Å². The van der Waals surface area contributed by atoms with E-state index >= 15 is 0 Å². The largest absolute Gasteiger partial charge is 0.456 e. The lowest BCUT2D eigenvalue weighted by Gasteiger charge is -2.16. The van der Waals surface area contributed by atoms with E-state index in [-0.39, 0.29) is 43.8 Å². The summed E-state index contributed by atoms with van der Waals surface area (Å²) >= 11 is 0. The Labute approximate surface area is 337 Å². The highest BCUT2D eigenvalue weighted by molar-refractivity contribution is 6.69. The van der Waals surface area contributed by atoms with Crippen LogP contribution in [0.3, 0.4) is 0 Å². The maximum Gasteiger partial charge on any atom is 0.167 e. The molecule has 0 spiro atoms. The third kappa shape index (κ3) is 5.53. The smallest absolute Gasteiger partial charge is 0.167 e. The van der Waals surface area contributed by atoms with Gasteiger partial charge in [0.1, 0.15) is 77.3 Å². The van der Waals surface area contributed by atoms with Crippen molar-refractivity contribution in [1.82, 2.24) is 15.0 Å². The van der Waals surface area contributed by atoms with E-state index in [0.717, 1.165) is 44.2 Å². The average Bonchev–Trinajstić information content (AvgIpc) is 3.84. The zero-order chi connectivity index (χ0) is 39.1. The van der Waals surface area contributed by atoms with Gasteiger partial charge in [-0.25, -0.2) is 15.0 Å². The highest BCUT2D eigenvalue weighted by Gasteiger charge is 2.23. The first kappa shape index (κ1) is 35.0. The minimum Gasteiger partial charge on any atom is -0.456 e. The summed E-state index contributed by atoms with van der Waals surface area (Å²) in [6.07, 6.45) is 0. The van der Waals surface area contributed by atoms with E-state index in [1.165, 1.54) is 0 Å². The number of fused-ring (bicyclic) bond motifs is 6. The molecule has 12 heteroatoms. The summed E-state index contributed by atoms with van der Waals surface area (Å²) in [5, 5.41) is 2.83. The molecule has 0 amide bonds. The molecule has 57 heavy (non-hydrogen) atoms. The second-order valence-electron chi connectivity index (χ2n) is 13.9. The molecule has 10 rings (SSSR count). The maximum atomic E-state index is 6.66. The Bertz CT molecular complexity index is 3250. The zero-order valence-electron chi connectivity index (χ0n) is 30.2. The molecule has 0 aliphatic heterocycles. The predicted molar refractivity (Wildman–Crippen MR) is 239 cm³/mol. The van der Waals surface area contributed by atoms with Gasteiger partial charge < -0.3 is 8.83 Å². The van der Waals surface area contributed by atoms with Crippen LogP contribution in [0.5, 0.6) is 0 Å². The van der Waals surface area contributed by atoms with E-state index in [1.54, 1.807) is 0 Å². The van der Waals surface area contributed by atoms with Crippen molar-refractivity contribution < 1.29 is 8.83 Å². The number of aromatic nitrogens is 3. The van der Waals surface area contributed by atoms with Gasteiger partial charge in [-0.2, -0.15) is 0 Å². The number of rotatable bonds is 5. The van der Waals surface area contributed by atoms with Gasteiger partial charge in [0.25, 0.3) is 0 Å². The third-order valence-electron chi connectivity index (χ3n) is 10.6. The van der Waals surface area contributed by atoms with E-state index in [1.807, 2.05) is 97.1 Å². The monoisotopic (exact) mass is 711 g/mol. The summed E-state index contributed by atoms with van der Waals surface area (Å²) in [5.41, 5.74) is 8.86. The van der Waals surface area contributed by atoms with Gasteiger partial charge in [-0.3, -0.25) is 0 Å². The van der Waals surface area contributed by atoms with E-state index < -0.39 is 0 Å². The molecule has 3 heterocycles. The summed E-state index contributed by atoms with van der Waals surface area (Å²) < 4.78 is 12.7. The van der Waals surface area contributed by atoms with Crippen molar-refractivity contribution in [2.75, 3.05) is 0 Å². The molecular formula is C45H20B7N3O2. The second-order valence-corrected chi connectivity index (χ2v) is 13.9. The lowest BCUT2D eigenvalue weighted by Crippen LogP contribution is -2.47. The Hall–Kier alpha value is -6.40. The highest BCUT2D eigenvalue weighted by Crippen LogP contribution is 2.37. The van der Waals surface area contributed by atoms with Crippen LogP contribution < -0.4 is 38.2 Å². The van der Waals surface area contributed by atoms with Crippen LogP contribution in [0.2, 0.25) is 0 Å². The fraction of sp³-hybridized carbons (Fsp3) is 0. The van der Waals surface area contributed by atoms with Crippen LogP contribution in [-0.4, -0.2) is 69.9 Å². The average molecular weight is 710 g/mol. The van der Waals surface area contributed by atoms with Gasteiger partial charge in [-0.1, -0.05) is 131 Å². The molecular weight excluding hydrogens is 690 g/mol. The van der Waals surface area contributed by atoms with Crippen LogP contribution >= 0.6 is 0 Å². The van der Waals surface area contributed by atoms with E-state index in [4.69, 9.17) is 78.7 Å². The Morgan fingerprint density at radius 3 is 1.53 bits per heavy atom. The van der Waals surface area contributed by atoms with Crippen molar-refractivity contribution in [3.8, 4) is 56.4 Å². The van der Waals surface area contributed by atoms with E-state index in [2.05, 4.69) is 24.3 Å². The first-order chi connectivity index (χ1) is 27.7. The van der Waals surface area contributed by atoms with Crippen LogP contribution in [-0.2, 0) is 0 Å². The summed E-state index contributed by atoms with van der Waals surface area (Å²) in [6.45, 7) is 0. The molecule has 14 radical (unpaired) electrons. The van der Waals surface area contributed by atoms with Crippen molar-refractivity contribution in [3.63, 3.8) is 0 Å². The first-order valence-electron chi connectivity index (χ1n) is 18.1. The molecule has 5 nitrogen and oxygen atoms in total. The van der Waals surface area contributed by atoms with Crippen LogP contribution in [0.25, 0.3) is 100 Å². The molecule has 10 aromatic rings. The SMILES string of the molecule is [B]c1c([B])c([B])c2c(oc3c(-c4ccc(-c5nc(-c6ccc(-c7ccccc7)cc6)nc(-c6cccc7c6oc6ccccc67)n5)cc4)c([B])c([B])c([B])c32)c1[B]. The van der Waals surface area contributed by atoms with Gasteiger partial charge >= 0.3 is 0 Å². The van der Waals surface area contributed by atoms with Gasteiger partial charge in [0.2, 0.25) is 0 Å². The minimum absolute atomic E-state index is 0.115. The van der Waals surface area contributed by atoms with Crippen LogP contribution in [0.4, 0.5) is 0 Å². The molecule has 0 N–H and O–H groups in total. The maximum absolute atomic E-state index is 6.66. The first-order valence-corrected chi connectivity index (χ1v) is 18.1. The Kier molecular flexibility index (Phi) is 8.22. The number of hydrogen-bond donors (Lipinski definition) is 0. The van der Waals surface area contributed by atoms with Crippen LogP contribution in [0, 0.1) is 0 Å². The molecule has 0 bridgehead atoms. The number of para-hydroxylation sites is 2. The van der Waals surface area contributed by atoms with Crippen LogP contribution in [0.15, 0.2) is 130 Å². The zero-order valence-corrected chi connectivity index (χ0v) is 30.2. The number of hydrogen-bond acceptors (Lipinski definition) is 5. The van der Waals surface area contributed by atoms with Crippen LogP contribution in [0.1, 0.15) is 0 Å². The summed E-state index contributed by atoms with van der Waals surface area (Å²) in [6, 6.07) is 39.9. The summed E-state index contributed by atoms with van der Waals surface area (Å²) in [5.74, 6) is 1.41. The Morgan fingerprint density at radius 1 is 0.333 bits per heavy atom. The Morgan fingerprint density at radius 2 is 0.842 bits per heavy atom. The van der Waals surface area contributed by atoms with Crippen molar-refractivity contribution in [2.45, 2.75) is 0 Å². The molecule has 0 unspecified atom stereocenters. The van der Waals surface area contributed by atoms with Gasteiger partial charge in [0.15, 0.2) is 17.5 Å². The van der Waals surface area contributed by atoms with Crippen molar-refractivity contribution >= 4 is 137 Å². The van der Waals surface area contributed by atoms with Crippen molar-refractivity contribution in [2.24, 2.45) is 0 Å². The molecule has 7 aromatic carbocycles. The highest BCUT2D eigenvalue weighted by atomic mass is 16.3. The quantitative estimate of drug-likeness (QED) is 0.256. The topological polar surface area (TPSA) is 65.0 Å². The molecule has 248 valence electrons. The van der Waals surface area contributed by atoms with Crippen molar-refractivity contribution in [1.29, 1.82) is 0 Å². The molecule has 0 saturated carbocycles. The molecule has 0 saturated heterocycles.